The highest BCUT2D eigenvalue weighted by atomic mass is 17.3. The fourth-order valence-electron chi connectivity index (χ4n) is 0.682. The third-order valence-electron chi connectivity index (χ3n) is 1.34. The second kappa shape index (κ2) is 6.33. The SMILES string of the molecule is COCCOCCOC1COO1. The lowest BCUT2D eigenvalue weighted by Gasteiger charge is -2.23. The van der Waals surface area contributed by atoms with E-state index in [9.17, 15) is 0 Å². The predicted molar refractivity (Wildman–Crippen MR) is 39.5 cm³/mol. The van der Waals surface area contributed by atoms with Gasteiger partial charge >= 0.3 is 0 Å². The maximum atomic E-state index is 5.15. The summed E-state index contributed by atoms with van der Waals surface area (Å²) in [5.74, 6) is 0. The Morgan fingerprint density at radius 2 is 2.00 bits per heavy atom. The van der Waals surface area contributed by atoms with Crippen LogP contribution in [0.4, 0.5) is 0 Å². The number of methoxy groups -OCH3 is 1. The Morgan fingerprint density at radius 3 is 2.58 bits per heavy atom. The molecule has 1 aliphatic rings. The molecule has 0 aliphatic carbocycles. The van der Waals surface area contributed by atoms with Crippen LogP contribution < -0.4 is 0 Å². The molecule has 1 heterocycles. The van der Waals surface area contributed by atoms with Gasteiger partial charge in [-0.2, -0.15) is 0 Å². The van der Waals surface area contributed by atoms with Crippen molar-refractivity contribution in [3.63, 3.8) is 0 Å². The largest absolute Gasteiger partial charge is 0.382 e. The van der Waals surface area contributed by atoms with Gasteiger partial charge in [0.15, 0.2) is 0 Å². The summed E-state index contributed by atoms with van der Waals surface area (Å²) in [6.07, 6.45) is -0.198. The molecule has 72 valence electrons. The van der Waals surface area contributed by atoms with Crippen LogP contribution in [-0.4, -0.2) is 46.4 Å². The molecule has 0 amide bonds. The highest BCUT2D eigenvalue weighted by molar-refractivity contribution is 4.43. The van der Waals surface area contributed by atoms with Gasteiger partial charge in [-0.15, -0.1) is 0 Å². The molecule has 1 fully saturated rings. The summed E-state index contributed by atoms with van der Waals surface area (Å²) in [7, 11) is 1.64. The molecule has 1 saturated heterocycles. The van der Waals surface area contributed by atoms with E-state index in [0.29, 0.717) is 33.0 Å². The minimum absolute atomic E-state index is 0.198. The average Bonchev–Trinajstić information content (AvgIpc) is 2.00. The van der Waals surface area contributed by atoms with Gasteiger partial charge in [-0.05, 0) is 0 Å². The highest BCUT2D eigenvalue weighted by Crippen LogP contribution is 2.06. The zero-order chi connectivity index (χ0) is 8.65. The lowest BCUT2D eigenvalue weighted by molar-refractivity contribution is -0.482. The maximum Gasteiger partial charge on any atom is 0.218 e. The predicted octanol–water partition coefficient (Wildman–Crippen LogP) is -0.0461. The van der Waals surface area contributed by atoms with E-state index in [4.69, 9.17) is 14.2 Å². The first-order valence-electron chi connectivity index (χ1n) is 3.90. The van der Waals surface area contributed by atoms with Gasteiger partial charge in [-0.3, -0.25) is 0 Å². The van der Waals surface area contributed by atoms with E-state index in [1.165, 1.54) is 0 Å². The Balaban J connectivity index is 1.70. The monoisotopic (exact) mass is 178 g/mol. The second-order valence-corrected chi connectivity index (χ2v) is 2.29. The van der Waals surface area contributed by atoms with Gasteiger partial charge in [0, 0.05) is 7.11 Å². The standard InChI is InChI=1S/C7H14O5/c1-8-2-3-9-4-5-10-7-6-11-12-7/h7H,2-6H2,1H3. The molecule has 0 radical (unpaired) electrons. The summed E-state index contributed by atoms with van der Waals surface area (Å²) in [6, 6.07) is 0. The fourth-order valence-corrected chi connectivity index (χ4v) is 0.682. The van der Waals surface area contributed by atoms with Crippen LogP contribution >= 0.6 is 0 Å². The Kier molecular flexibility index (Phi) is 5.21. The van der Waals surface area contributed by atoms with Crippen molar-refractivity contribution in [1.29, 1.82) is 0 Å². The first kappa shape index (κ1) is 9.88. The highest BCUT2D eigenvalue weighted by Gasteiger charge is 2.20. The molecule has 1 unspecified atom stereocenters. The van der Waals surface area contributed by atoms with Gasteiger partial charge in [-0.25, -0.2) is 9.78 Å². The van der Waals surface area contributed by atoms with Crippen molar-refractivity contribution in [2.24, 2.45) is 0 Å². The van der Waals surface area contributed by atoms with Crippen molar-refractivity contribution in [2.45, 2.75) is 6.29 Å². The molecule has 1 rings (SSSR count). The quantitative estimate of drug-likeness (QED) is 0.404. The van der Waals surface area contributed by atoms with Crippen LogP contribution in [-0.2, 0) is 24.0 Å². The van der Waals surface area contributed by atoms with Crippen molar-refractivity contribution in [3.8, 4) is 0 Å². The van der Waals surface area contributed by atoms with E-state index in [-0.39, 0.29) is 6.29 Å². The zero-order valence-corrected chi connectivity index (χ0v) is 7.15. The van der Waals surface area contributed by atoms with Crippen LogP contribution in [0.25, 0.3) is 0 Å². The van der Waals surface area contributed by atoms with E-state index in [0.717, 1.165) is 0 Å². The van der Waals surface area contributed by atoms with Crippen LogP contribution in [0.15, 0.2) is 0 Å². The van der Waals surface area contributed by atoms with Crippen LogP contribution in [0.2, 0.25) is 0 Å². The summed E-state index contributed by atoms with van der Waals surface area (Å²) >= 11 is 0. The normalized spacial score (nSPS) is 22.2. The minimum atomic E-state index is -0.198. The van der Waals surface area contributed by atoms with Crippen LogP contribution in [0, 0.1) is 0 Å². The third kappa shape index (κ3) is 3.99. The second-order valence-electron chi connectivity index (χ2n) is 2.29. The number of rotatable bonds is 7. The molecule has 1 atom stereocenters. The van der Waals surface area contributed by atoms with Crippen molar-refractivity contribution in [1.82, 2.24) is 0 Å². The maximum absolute atomic E-state index is 5.15. The Hall–Kier alpha value is -0.200. The molecule has 0 spiro atoms. The van der Waals surface area contributed by atoms with Crippen LogP contribution in [0.3, 0.4) is 0 Å². The Bertz CT molecular complexity index is 104. The van der Waals surface area contributed by atoms with Crippen molar-refractivity contribution in [2.75, 3.05) is 40.1 Å². The number of hydrogen-bond acceptors (Lipinski definition) is 5. The lowest BCUT2D eigenvalue weighted by atomic mass is 10.6. The molecule has 1 aliphatic heterocycles. The van der Waals surface area contributed by atoms with E-state index in [1.807, 2.05) is 0 Å². The molecule has 0 aromatic carbocycles. The first-order valence-corrected chi connectivity index (χ1v) is 3.90. The molecule has 0 bridgehead atoms. The number of hydrogen-bond donors (Lipinski definition) is 0. The van der Waals surface area contributed by atoms with Gasteiger partial charge in [0.1, 0.15) is 6.61 Å². The molecule has 0 aromatic rings. The lowest BCUT2D eigenvalue weighted by Crippen LogP contribution is -2.34. The molecule has 5 nitrogen and oxygen atoms in total. The van der Waals surface area contributed by atoms with Gasteiger partial charge < -0.3 is 14.2 Å². The van der Waals surface area contributed by atoms with E-state index in [2.05, 4.69) is 9.78 Å². The van der Waals surface area contributed by atoms with E-state index in [1.54, 1.807) is 7.11 Å². The van der Waals surface area contributed by atoms with Crippen molar-refractivity contribution >= 4 is 0 Å². The molecule has 0 saturated carbocycles. The molecule has 12 heavy (non-hydrogen) atoms. The molecule has 0 N–H and O–H groups in total. The molecular weight excluding hydrogens is 164 g/mol. The molecule has 0 aromatic heterocycles. The minimum Gasteiger partial charge on any atom is -0.382 e. The van der Waals surface area contributed by atoms with Gasteiger partial charge in [0.05, 0.1) is 26.4 Å². The van der Waals surface area contributed by atoms with Gasteiger partial charge in [-0.1, -0.05) is 0 Å². The third-order valence-corrected chi connectivity index (χ3v) is 1.34. The van der Waals surface area contributed by atoms with Crippen LogP contribution in [0.5, 0.6) is 0 Å². The summed E-state index contributed by atoms with van der Waals surface area (Å²) < 4.78 is 15.1. The van der Waals surface area contributed by atoms with Crippen molar-refractivity contribution < 1.29 is 24.0 Å². The fraction of sp³-hybridized carbons (Fsp3) is 1.00. The summed E-state index contributed by atoms with van der Waals surface area (Å²) in [4.78, 5) is 9.00. The summed E-state index contributed by atoms with van der Waals surface area (Å²) in [5, 5.41) is 0. The Morgan fingerprint density at radius 1 is 1.25 bits per heavy atom. The summed E-state index contributed by atoms with van der Waals surface area (Å²) in [6.45, 7) is 2.81. The smallest absolute Gasteiger partial charge is 0.218 e. The molecular formula is C7H14O5. The number of ether oxygens (including phenoxy) is 3. The van der Waals surface area contributed by atoms with Crippen molar-refractivity contribution in [3.05, 3.63) is 0 Å². The van der Waals surface area contributed by atoms with Gasteiger partial charge in [0.2, 0.25) is 6.29 Å². The van der Waals surface area contributed by atoms with Gasteiger partial charge in [0.25, 0.3) is 0 Å². The topological polar surface area (TPSA) is 46.2 Å². The zero-order valence-electron chi connectivity index (χ0n) is 7.15. The van der Waals surface area contributed by atoms with E-state index < -0.39 is 0 Å². The average molecular weight is 178 g/mol. The van der Waals surface area contributed by atoms with Crippen LogP contribution in [0.1, 0.15) is 0 Å². The Labute approximate surface area is 71.4 Å². The first-order chi connectivity index (χ1) is 5.93. The van der Waals surface area contributed by atoms with E-state index >= 15 is 0 Å². The molecule has 5 heteroatoms. The summed E-state index contributed by atoms with van der Waals surface area (Å²) in [5.41, 5.74) is 0.